The summed E-state index contributed by atoms with van der Waals surface area (Å²) >= 11 is 0. The van der Waals surface area contributed by atoms with E-state index in [-0.39, 0.29) is 0 Å². The van der Waals surface area contributed by atoms with Crippen LogP contribution in [0, 0.1) is 0 Å². The number of hydrogen-bond donors (Lipinski definition) is 0. The van der Waals surface area contributed by atoms with Crippen LogP contribution in [0.2, 0.25) is 0 Å². The highest BCUT2D eigenvalue weighted by Crippen LogP contribution is 2.39. The Kier molecular flexibility index (Phi) is 3.20. The molecule has 0 amide bonds. The van der Waals surface area contributed by atoms with E-state index in [1.54, 1.807) is 0 Å². The molecular formula is C28H18N2O. The average molecular weight is 398 g/mol. The first kappa shape index (κ1) is 16.7. The van der Waals surface area contributed by atoms with Crippen molar-refractivity contribution in [2.24, 2.45) is 7.05 Å². The molecule has 0 N–H and O–H groups in total. The second kappa shape index (κ2) is 5.96. The number of imidazole rings is 1. The smallest absolute Gasteiger partial charge is 0.146 e. The highest BCUT2D eigenvalue weighted by atomic mass is 16.3. The topological polar surface area (TPSA) is 31.0 Å². The van der Waals surface area contributed by atoms with Gasteiger partial charge in [0.25, 0.3) is 0 Å². The van der Waals surface area contributed by atoms with Gasteiger partial charge in [0.15, 0.2) is 0 Å². The molecule has 0 bridgehead atoms. The van der Waals surface area contributed by atoms with Crippen molar-refractivity contribution in [3.8, 4) is 11.4 Å². The van der Waals surface area contributed by atoms with Crippen molar-refractivity contribution in [3.63, 3.8) is 0 Å². The first-order valence-electron chi connectivity index (χ1n) is 10.5. The lowest BCUT2D eigenvalue weighted by atomic mass is 10.00. The third-order valence-corrected chi connectivity index (χ3v) is 6.39. The molecule has 3 heteroatoms. The minimum absolute atomic E-state index is 0.885. The van der Waals surface area contributed by atoms with Gasteiger partial charge in [0.05, 0.1) is 16.6 Å². The molecule has 31 heavy (non-hydrogen) atoms. The molecule has 5 aromatic carbocycles. The fourth-order valence-electron chi connectivity index (χ4n) is 4.86. The summed E-state index contributed by atoms with van der Waals surface area (Å²) in [4.78, 5) is 4.90. The van der Waals surface area contributed by atoms with E-state index in [0.29, 0.717) is 0 Å². The molecule has 0 unspecified atom stereocenters. The molecule has 0 radical (unpaired) electrons. The van der Waals surface area contributed by atoms with E-state index in [0.717, 1.165) is 44.4 Å². The Morgan fingerprint density at radius 2 is 1.48 bits per heavy atom. The number of nitrogens with zero attached hydrogens (tertiary/aromatic N) is 2. The molecule has 0 fully saturated rings. The van der Waals surface area contributed by atoms with Crippen molar-refractivity contribution < 1.29 is 4.42 Å². The Morgan fingerprint density at radius 1 is 0.677 bits per heavy atom. The summed E-state index contributed by atoms with van der Waals surface area (Å²) in [7, 11) is 2.06. The molecule has 7 aromatic rings. The van der Waals surface area contributed by atoms with Crippen LogP contribution in [0.15, 0.2) is 95.4 Å². The molecule has 3 nitrogen and oxygen atoms in total. The van der Waals surface area contributed by atoms with Gasteiger partial charge in [0, 0.05) is 17.8 Å². The van der Waals surface area contributed by atoms with Crippen LogP contribution in [0.3, 0.4) is 0 Å². The van der Waals surface area contributed by atoms with Gasteiger partial charge in [0.2, 0.25) is 0 Å². The number of para-hydroxylation sites is 3. The van der Waals surface area contributed by atoms with Crippen molar-refractivity contribution in [3.05, 3.63) is 91.0 Å². The van der Waals surface area contributed by atoms with Crippen molar-refractivity contribution in [2.75, 3.05) is 0 Å². The zero-order valence-corrected chi connectivity index (χ0v) is 17.0. The SMILES string of the molecule is Cn1c(-c2cccc3c2oc2cc4c(ccc5ccccc54)cc23)nc2ccccc21. The number of fused-ring (bicyclic) bond motifs is 7. The lowest BCUT2D eigenvalue weighted by Gasteiger charge is -2.04. The summed E-state index contributed by atoms with van der Waals surface area (Å²) < 4.78 is 8.63. The summed E-state index contributed by atoms with van der Waals surface area (Å²) in [5.41, 5.74) is 4.91. The molecule has 0 saturated heterocycles. The number of hydrogen-bond acceptors (Lipinski definition) is 2. The highest BCUT2D eigenvalue weighted by Gasteiger charge is 2.17. The number of aryl methyl sites for hydroxylation is 1. The molecule has 0 aliphatic heterocycles. The van der Waals surface area contributed by atoms with Gasteiger partial charge in [-0.05, 0) is 51.9 Å². The average Bonchev–Trinajstić information content (AvgIpc) is 3.35. The maximum Gasteiger partial charge on any atom is 0.146 e. The van der Waals surface area contributed by atoms with E-state index in [1.165, 1.54) is 21.5 Å². The summed E-state index contributed by atoms with van der Waals surface area (Å²) in [6.45, 7) is 0. The zero-order valence-electron chi connectivity index (χ0n) is 17.0. The van der Waals surface area contributed by atoms with Crippen LogP contribution < -0.4 is 0 Å². The maximum absolute atomic E-state index is 6.49. The Morgan fingerprint density at radius 3 is 2.42 bits per heavy atom. The molecule has 146 valence electrons. The van der Waals surface area contributed by atoms with Gasteiger partial charge in [-0.2, -0.15) is 0 Å². The minimum atomic E-state index is 0.885. The van der Waals surface area contributed by atoms with E-state index < -0.39 is 0 Å². The van der Waals surface area contributed by atoms with Crippen LogP contribution in [0.1, 0.15) is 0 Å². The maximum atomic E-state index is 6.49. The fourth-order valence-corrected chi connectivity index (χ4v) is 4.86. The Hall–Kier alpha value is -4.11. The van der Waals surface area contributed by atoms with Crippen LogP contribution in [0.4, 0.5) is 0 Å². The van der Waals surface area contributed by atoms with Gasteiger partial charge >= 0.3 is 0 Å². The van der Waals surface area contributed by atoms with Crippen LogP contribution in [-0.2, 0) is 7.05 Å². The summed E-state index contributed by atoms with van der Waals surface area (Å²) in [6, 6.07) is 31.9. The van der Waals surface area contributed by atoms with Crippen molar-refractivity contribution >= 4 is 54.5 Å². The van der Waals surface area contributed by atoms with E-state index in [1.807, 2.05) is 12.1 Å². The van der Waals surface area contributed by atoms with Crippen LogP contribution in [-0.4, -0.2) is 9.55 Å². The zero-order chi connectivity index (χ0) is 20.5. The summed E-state index contributed by atoms with van der Waals surface area (Å²) in [5, 5.41) is 7.19. The normalized spacial score (nSPS) is 12.0. The van der Waals surface area contributed by atoms with Gasteiger partial charge < -0.3 is 8.98 Å². The van der Waals surface area contributed by atoms with Gasteiger partial charge in [-0.25, -0.2) is 4.98 Å². The predicted molar refractivity (Wildman–Crippen MR) is 128 cm³/mol. The largest absolute Gasteiger partial charge is 0.455 e. The van der Waals surface area contributed by atoms with Crippen molar-refractivity contribution in [2.45, 2.75) is 0 Å². The number of benzene rings is 5. The summed E-state index contributed by atoms with van der Waals surface area (Å²) in [6.07, 6.45) is 0. The molecule has 0 spiro atoms. The number of furan rings is 1. The molecule has 2 aromatic heterocycles. The highest BCUT2D eigenvalue weighted by molar-refractivity contribution is 6.17. The third kappa shape index (κ3) is 2.26. The first-order valence-corrected chi connectivity index (χ1v) is 10.5. The Balaban J connectivity index is 1.57. The second-order valence-corrected chi connectivity index (χ2v) is 8.12. The van der Waals surface area contributed by atoms with Crippen molar-refractivity contribution in [1.29, 1.82) is 0 Å². The van der Waals surface area contributed by atoms with E-state index in [2.05, 4.69) is 90.5 Å². The van der Waals surface area contributed by atoms with Crippen LogP contribution >= 0.6 is 0 Å². The molecule has 0 aliphatic rings. The molecule has 0 saturated carbocycles. The first-order chi connectivity index (χ1) is 15.3. The Bertz CT molecular complexity index is 1800. The predicted octanol–water partition coefficient (Wildman–Crippen LogP) is 7.45. The Labute approximate surface area is 178 Å². The van der Waals surface area contributed by atoms with E-state index in [9.17, 15) is 0 Å². The lowest BCUT2D eigenvalue weighted by molar-refractivity contribution is 0.669. The van der Waals surface area contributed by atoms with Gasteiger partial charge in [-0.3, -0.25) is 0 Å². The summed E-state index contributed by atoms with van der Waals surface area (Å²) in [5.74, 6) is 0.917. The standard InChI is InChI=1S/C28H18N2O/c1-30-25-12-5-4-11-24(25)29-28(30)21-10-6-9-20-23-15-18-14-13-17-7-2-3-8-19(17)22(18)16-26(23)31-27(20)21/h2-16H,1H3. The minimum Gasteiger partial charge on any atom is -0.455 e. The quantitative estimate of drug-likeness (QED) is 0.269. The number of rotatable bonds is 1. The van der Waals surface area contributed by atoms with Crippen molar-refractivity contribution in [1.82, 2.24) is 9.55 Å². The monoisotopic (exact) mass is 398 g/mol. The third-order valence-electron chi connectivity index (χ3n) is 6.39. The molecule has 0 atom stereocenters. The van der Waals surface area contributed by atoms with Crippen LogP contribution in [0.25, 0.3) is 65.9 Å². The van der Waals surface area contributed by atoms with Crippen LogP contribution in [0.5, 0.6) is 0 Å². The molecular weight excluding hydrogens is 380 g/mol. The van der Waals surface area contributed by atoms with Gasteiger partial charge in [-0.1, -0.05) is 60.7 Å². The van der Waals surface area contributed by atoms with E-state index >= 15 is 0 Å². The van der Waals surface area contributed by atoms with Gasteiger partial charge in [0.1, 0.15) is 17.0 Å². The second-order valence-electron chi connectivity index (χ2n) is 8.12. The molecule has 0 aliphatic carbocycles. The van der Waals surface area contributed by atoms with Gasteiger partial charge in [-0.15, -0.1) is 0 Å². The molecule has 2 heterocycles. The molecule has 7 rings (SSSR count). The lowest BCUT2D eigenvalue weighted by Crippen LogP contribution is -1.92. The number of aromatic nitrogens is 2. The fraction of sp³-hybridized carbons (Fsp3) is 0.0357. The van der Waals surface area contributed by atoms with E-state index in [4.69, 9.17) is 9.40 Å².